The molecule has 0 N–H and O–H groups in total. The van der Waals surface area contributed by atoms with Gasteiger partial charge in [-0.2, -0.15) is 0 Å². The molecule has 3 nitrogen and oxygen atoms in total. The third kappa shape index (κ3) is 2.19. The predicted octanol–water partition coefficient (Wildman–Crippen LogP) is 3.31. The van der Waals surface area contributed by atoms with E-state index in [1.54, 1.807) is 0 Å². The summed E-state index contributed by atoms with van der Waals surface area (Å²) in [6.45, 7) is 8.32. The lowest BCUT2D eigenvalue weighted by Crippen LogP contribution is -2.41. The molecule has 1 saturated heterocycles. The second-order valence-corrected chi connectivity index (χ2v) is 8.18. The van der Waals surface area contributed by atoms with Gasteiger partial charge < -0.3 is 14.0 Å². The van der Waals surface area contributed by atoms with Gasteiger partial charge in [0, 0.05) is 5.41 Å². The van der Waals surface area contributed by atoms with Gasteiger partial charge in [-0.05, 0) is 64.6 Å². The van der Waals surface area contributed by atoms with Crippen LogP contribution in [0.4, 0.5) is 0 Å². The van der Waals surface area contributed by atoms with Crippen LogP contribution in [0.3, 0.4) is 0 Å². The fraction of sp³-hybridized carbons (Fsp3) is 0.667. The molecule has 3 fully saturated rings. The predicted molar refractivity (Wildman–Crippen MR) is 87.5 cm³/mol. The van der Waals surface area contributed by atoms with E-state index >= 15 is 0 Å². The van der Waals surface area contributed by atoms with Crippen molar-refractivity contribution in [2.45, 2.75) is 70.7 Å². The molecule has 1 aromatic carbocycles. The number of benzene rings is 1. The Kier molecular flexibility index (Phi) is 2.99. The van der Waals surface area contributed by atoms with Gasteiger partial charge in [-0.25, -0.2) is 0 Å². The van der Waals surface area contributed by atoms with E-state index in [0.29, 0.717) is 11.5 Å². The molecular formula is C18H25BO3. The molecular weight excluding hydrogens is 275 g/mol. The first kappa shape index (κ1) is 14.6. The average Bonchev–Trinajstić information content (AvgIpc) is 3.07. The lowest BCUT2D eigenvalue weighted by molar-refractivity contribution is 0.00578. The van der Waals surface area contributed by atoms with E-state index in [9.17, 15) is 0 Å². The first-order chi connectivity index (χ1) is 10.3. The minimum atomic E-state index is -0.294. The van der Waals surface area contributed by atoms with Crippen molar-refractivity contribution in [2.24, 2.45) is 5.41 Å². The van der Waals surface area contributed by atoms with Gasteiger partial charge in [0.25, 0.3) is 0 Å². The Bertz CT molecular complexity index is 558. The van der Waals surface area contributed by atoms with Crippen LogP contribution in [0.2, 0.25) is 0 Å². The molecule has 1 spiro atoms. The highest BCUT2D eigenvalue weighted by molar-refractivity contribution is 6.62. The van der Waals surface area contributed by atoms with Gasteiger partial charge in [-0.15, -0.1) is 0 Å². The zero-order valence-corrected chi connectivity index (χ0v) is 14.0. The smallest absolute Gasteiger partial charge is 0.490 e. The highest BCUT2D eigenvalue weighted by Crippen LogP contribution is 2.62. The second kappa shape index (κ2) is 4.51. The molecule has 1 heterocycles. The molecule has 2 aliphatic carbocycles. The molecule has 1 aromatic rings. The zero-order chi connectivity index (χ0) is 15.6. The van der Waals surface area contributed by atoms with Crippen LogP contribution in [-0.2, 0) is 9.31 Å². The number of rotatable bonds is 3. The van der Waals surface area contributed by atoms with E-state index in [1.807, 2.05) is 12.1 Å². The van der Waals surface area contributed by atoms with Gasteiger partial charge in [0.2, 0.25) is 0 Å². The summed E-state index contributed by atoms with van der Waals surface area (Å²) in [5.74, 6) is 0.967. The van der Waals surface area contributed by atoms with Gasteiger partial charge in [-0.3, -0.25) is 0 Å². The topological polar surface area (TPSA) is 27.7 Å². The van der Waals surface area contributed by atoms with Crippen LogP contribution in [-0.4, -0.2) is 24.4 Å². The maximum Gasteiger partial charge on any atom is 0.494 e. The maximum atomic E-state index is 6.10. The van der Waals surface area contributed by atoms with Crippen molar-refractivity contribution >= 4 is 12.6 Å². The van der Waals surface area contributed by atoms with Crippen LogP contribution in [0, 0.1) is 5.41 Å². The SMILES string of the molecule is CC1(C)OB(c2ccc(OC3CC34CCC4)cc2)OC1(C)C. The third-order valence-corrected chi connectivity index (χ3v) is 6.15. The van der Waals surface area contributed by atoms with Crippen molar-refractivity contribution in [1.82, 2.24) is 0 Å². The number of hydrogen-bond acceptors (Lipinski definition) is 3. The average molecular weight is 300 g/mol. The summed E-state index contributed by atoms with van der Waals surface area (Å²) in [6, 6.07) is 8.22. The van der Waals surface area contributed by atoms with Crippen molar-refractivity contribution < 1.29 is 14.0 Å². The van der Waals surface area contributed by atoms with Crippen molar-refractivity contribution in [1.29, 1.82) is 0 Å². The Balaban J connectivity index is 1.42. The molecule has 22 heavy (non-hydrogen) atoms. The molecule has 0 aromatic heterocycles. The molecule has 4 heteroatoms. The molecule has 1 atom stereocenters. The van der Waals surface area contributed by atoms with E-state index in [0.717, 1.165) is 11.2 Å². The molecule has 0 amide bonds. The lowest BCUT2D eigenvalue weighted by atomic mass is 9.79. The Morgan fingerprint density at radius 1 is 1.00 bits per heavy atom. The van der Waals surface area contributed by atoms with E-state index in [1.165, 1.54) is 25.7 Å². The standard InChI is InChI=1S/C18H25BO3/c1-16(2)17(3,4)22-19(21-16)13-6-8-14(9-7-13)20-15-12-18(15)10-5-11-18/h6-9,15H,5,10-12H2,1-4H3. The van der Waals surface area contributed by atoms with Crippen LogP contribution in [0.25, 0.3) is 0 Å². The van der Waals surface area contributed by atoms with E-state index in [-0.39, 0.29) is 18.3 Å². The molecule has 3 aliphatic rings. The fourth-order valence-corrected chi connectivity index (χ4v) is 3.48. The molecule has 4 rings (SSSR count). The van der Waals surface area contributed by atoms with Crippen molar-refractivity contribution in [3.63, 3.8) is 0 Å². The van der Waals surface area contributed by atoms with Crippen molar-refractivity contribution in [2.75, 3.05) is 0 Å². The summed E-state index contributed by atoms with van der Waals surface area (Å²) in [6.07, 6.45) is 5.77. The third-order valence-electron chi connectivity index (χ3n) is 6.15. The summed E-state index contributed by atoms with van der Waals surface area (Å²) >= 11 is 0. The fourth-order valence-electron chi connectivity index (χ4n) is 3.48. The molecule has 1 aliphatic heterocycles. The molecule has 1 unspecified atom stereocenters. The van der Waals surface area contributed by atoms with Crippen LogP contribution in [0.5, 0.6) is 5.75 Å². The van der Waals surface area contributed by atoms with Gasteiger partial charge in [0.05, 0.1) is 11.2 Å². The van der Waals surface area contributed by atoms with Crippen LogP contribution in [0.15, 0.2) is 24.3 Å². The Morgan fingerprint density at radius 2 is 1.59 bits per heavy atom. The van der Waals surface area contributed by atoms with Crippen LogP contribution < -0.4 is 10.2 Å². The summed E-state index contributed by atoms with van der Waals surface area (Å²) in [4.78, 5) is 0. The monoisotopic (exact) mass is 300 g/mol. The zero-order valence-electron chi connectivity index (χ0n) is 14.0. The second-order valence-electron chi connectivity index (χ2n) is 8.18. The quantitative estimate of drug-likeness (QED) is 0.802. The molecule has 2 saturated carbocycles. The summed E-state index contributed by atoms with van der Waals surface area (Å²) < 4.78 is 18.3. The molecule has 118 valence electrons. The summed E-state index contributed by atoms with van der Waals surface area (Å²) in [5.41, 5.74) is 1.01. The van der Waals surface area contributed by atoms with Gasteiger partial charge in [-0.1, -0.05) is 18.6 Å². The maximum absolute atomic E-state index is 6.10. The Labute approximate surface area is 133 Å². The number of hydrogen-bond donors (Lipinski definition) is 0. The van der Waals surface area contributed by atoms with E-state index in [2.05, 4.69) is 39.8 Å². The lowest BCUT2D eigenvalue weighted by Gasteiger charge is -2.32. The molecule has 0 bridgehead atoms. The Hall–Kier alpha value is -0.995. The minimum absolute atomic E-state index is 0.294. The number of ether oxygens (including phenoxy) is 1. The van der Waals surface area contributed by atoms with Gasteiger partial charge in [0.1, 0.15) is 11.9 Å². The largest absolute Gasteiger partial charge is 0.494 e. The molecule has 0 radical (unpaired) electrons. The normalized spacial score (nSPS) is 30.2. The minimum Gasteiger partial charge on any atom is -0.490 e. The van der Waals surface area contributed by atoms with Crippen LogP contribution >= 0.6 is 0 Å². The van der Waals surface area contributed by atoms with Crippen molar-refractivity contribution in [3.05, 3.63) is 24.3 Å². The summed E-state index contributed by atoms with van der Waals surface area (Å²) in [5, 5.41) is 0. The van der Waals surface area contributed by atoms with Crippen molar-refractivity contribution in [3.8, 4) is 5.75 Å². The first-order valence-electron chi connectivity index (χ1n) is 8.44. The summed E-state index contributed by atoms with van der Waals surface area (Å²) in [7, 11) is -0.294. The van der Waals surface area contributed by atoms with Gasteiger partial charge >= 0.3 is 7.12 Å². The highest BCUT2D eigenvalue weighted by Gasteiger charge is 2.59. The van der Waals surface area contributed by atoms with Gasteiger partial charge in [0.15, 0.2) is 0 Å². The van der Waals surface area contributed by atoms with E-state index in [4.69, 9.17) is 14.0 Å². The van der Waals surface area contributed by atoms with Crippen LogP contribution in [0.1, 0.15) is 53.4 Å². The van der Waals surface area contributed by atoms with E-state index < -0.39 is 0 Å². The Morgan fingerprint density at radius 3 is 2.05 bits per heavy atom. The first-order valence-corrected chi connectivity index (χ1v) is 8.44. The highest BCUT2D eigenvalue weighted by atomic mass is 16.7.